The largest absolute Gasteiger partial charge is 0.497 e. The molecule has 0 atom stereocenters. The number of aromatic nitrogens is 3. The number of methoxy groups -OCH3 is 1. The maximum Gasteiger partial charge on any atom is 0.160 e. The zero-order chi connectivity index (χ0) is 21.9. The van der Waals surface area contributed by atoms with Crippen molar-refractivity contribution in [1.82, 2.24) is 15.0 Å². The topological polar surface area (TPSA) is 50.8 Å². The van der Waals surface area contributed by atoms with Crippen molar-refractivity contribution in [1.29, 1.82) is 0 Å². The van der Waals surface area contributed by atoms with E-state index in [1.54, 1.807) is 7.11 Å². The number of para-hydroxylation sites is 2. The van der Waals surface area contributed by atoms with Gasteiger partial charge in [0.05, 0.1) is 29.4 Å². The van der Waals surface area contributed by atoms with Gasteiger partial charge in [0.15, 0.2) is 5.82 Å². The van der Waals surface area contributed by atoms with Gasteiger partial charge < -0.3 is 9.72 Å². The van der Waals surface area contributed by atoms with Gasteiger partial charge in [0, 0.05) is 16.0 Å². The van der Waals surface area contributed by atoms with E-state index in [2.05, 4.69) is 17.1 Å². The van der Waals surface area contributed by atoms with Crippen molar-refractivity contribution in [3.8, 4) is 28.4 Å². The molecular formula is C27H20ClN3O. The lowest BCUT2D eigenvalue weighted by molar-refractivity contribution is 0.415. The van der Waals surface area contributed by atoms with Gasteiger partial charge >= 0.3 is 0 Å². The standard InChI is InChI=1S/C27H20ClN3O/c1-32-21-14-11-19(12-15-21)27-30-23-16-13-20(28)17-22(23)26(18-7-3-2-4-8-18)29-24-9-5-6-10-25(24)31-27/h2-17,29H,1H3. The number of ether oxygens (including phenoxy) is 1. The molecule has 0 saturated carbocycles. The Kier molecular flexibility index (Phi) is 5.44. The number of hydrogen-bond acceptors (Lipinski definition) is 3. The Balaban J connectivity index is 1.94. The summed E-state index contributed by atoms with van der Waals surface area (Å²) in [5.41, 5.74) is 5.32. The molecule has 1 heterocycles. The second-order valence-electron chi connectivity index (χ2n) is 7.32. The number of nitrogens with one attached hydrogen (secondary N) is 1. The van der Waals surface area contributed by atoms with Gasteiger partial charge in [-0.3, -0.25) is 0 Å². The molecule has 1 N–H and O–H groups in total. The number of H-pyrrole nitrogens is 1. The van der Waals surface area contributed by atoms with Crippen LogP contribution >= 0.6 is 11.6 Å². The SMILES string of the molecule is COc1ccc(-c2nc3ccccc3[nH]c(-c3ccccc3)c3cc(Cl)ccc3n2)cc1. The third-order valence-electron chi connectivity index (χ3n) is 5.26. The van der Waals surface area contributed by atoms with E-state index in [0.717, 1.165) is 44.5 Å². The lowest BCUT2D eigenvalue weighted by Gasteiger charge is -2.05. The maximum atomic E-state index is 6.42. The van der Waals surface area contributed by atoms with Gasteiger partial charge in [-0.1, -0.05) is 54.1 Å². The Morgan fingerprint density at radius 2 is 1.44 bits per heavy atom. The van der Waals surface area contributed by atoms with Crippen molar-refractivity contribution in [3.63, 3.8) is 0 Å². The molecule has 4 aromatic carbocycles. The van der Waals surface area contributed by atoms with Crippen LogP contribution < -0.4 is 4.74 Å². The summed E-state index contributed by atoms with van der Waals surface area (Å²) >= 11 is 6.42. The monoisotopic (exact) mass is 437 g/mol. The number of benzene rings is 4. The number of halogens is 1. The minimum absolute atomic E-state index is 0.611. The van der Waals surface area contributed by atoms with Gasteiger partial charge in [-0.25, -0.2) is 9.97 Å². The van der Waals surface area contributed by atoms with Crippen LogP contribution in [0.5, 0.6) is 5.75 Å². The summed E-state index contributed by atoms with van der Waals surface area (Å²) < 4.78 is 5.31. The lowest BCUT2D eigenvalue weighted by atomic mass is 10.1. The van der Waals surface area contributed by atoms with E-state index in [4.69, 9.17) is 26.3 Å². The van der Waals surface area contributed by atoms with Crippen LogP contribution in [0.25, 0.3) is 44.6 Å². The van der Waals surface area contributed by atoms with Gasteiger partial charge in [-0.05, 0) is 60.2 Å². The molecule has 0 aliphatic carbocycles. The number of fused-ring (bicyclic) bond motifs is 2. The fourth-order valence-electron chi connectivity index (χ4n) is 3.64. The van der Waals surface area contributed by atoms with Crippen LogP contribution in [0.3, 0.4) is 0 Å². The summed E-state index contributed by atoms with van der Waals surface area (Å²) in [4.78, 5) is 13.5. The molecule has 0 aliphatic rings. The smallest absolute Gasteiger partial charge is 0.160 e. The molecule has 5 heteroatoms. The van der Waals surface area contributed by atoms with Gasteiger partial charge in [0.2, 0.25) is 0 Å². The maximum absolute atomic E-state index is 6.42. The zero-order valence-electron chi connectivity index (χ0n) is 17.4. The highest BCUT2D eigenvalue weighted by atomic mass is 35.5. The second-order valence-corrected chi connectivity index (χ2v) is 7.76. The molecule has 5 rings (SSSR count). The summed E-state index contributed by atoms with van der Waals surface area (Å²) in [7, 11) is 1.65. The van der Waals surface area contributed by atoms with Gasteiger partial charge in [0.1, 0.15) is 5.75 Å². The molecule has 0 amide bonds. The van der Waals surface area contributed by atoms with Crippen LogP contribution in [0.15, 0.2) is 97.1 Å². The average molecular weight is 438 g/mol. The van der Waals surface area contributed by atoms with Gasteiger partial charge in [-0.2, -0.15) is 0 Å². The predicted molar refractivity (Wildman–Crippen MR) is 131 cm³/mol. The highest BCUT2D eigenvalue weighted by Gasteiger charge is 2.09. The second kappa shape index (κ2) is 8.69. The van der Waals surface area contributed by atoms with Crippen LogP contribution in [0.4, 0.5) is 0 Å². The van der Waals surface area contributed by atoms with Crippen molar-refractivity contribution in [2.75, 3.05) is 7.11 Å². The Morgan fingerprint density at radius 3 is 2.22 bits per heavy atom. The van der Waals surface area contributed by atoms with E-state index in [9.17, 15) is 0 Å². The van der Waals surface area contributed by atoms with E-state index in [1.807, 2.05) is 84.9 Å². The van der Waals surface area contributed by atoms with Gasteiger partial charge in [0.25, 0.3) is 0 Å². The Bertz CT molecular complexity index is 1460. The minimum atomic E-state index is 0.611. The normalized spacial score (nSPS) is 10.8. The first-order valence-corrected chi connectivity index (χ1v) is 10.6. The molecule has 0 fully saturated rings. The molecular weight excluding hydrogens is 418 g/mol. The Labute approximate surface area is 190 Å². The first-order chi connectivity index (χ1) is 15.7. The molecule has 32 heavy (non-hydrogen) atoms. The number of rotatable bonds is 3. The first kappa shape index (κ1) is 20.0. The molecule has 0 radical (unpaired) electrons. The third kappa shape index (κ3) is 4.01. The Morgan fingerprint density at radius 1 is 0.719 bits per heavy atom. The molecule has 0 saturated heterocycles. The van der Waals surface area contributed by atoms with Crippen LogP contribution in [0.2, 0.25) is 5.02 Å². The average Bonchev–Trinajstić information content (AvgIpc) is 2.91. The summed E-state index contributed by atoms with van der Waals surface area (Å²) in [6.07, 6.45) is 0. The van der Waals surface area contributed by atoms with Crippen LogP contribution in [-0.4, -0.2) is 22.1 Å². The fourth-order valence-corrected chi connectivity index (χ4v) is 3.81. The van der Waals surface area contributed by atoms with Crippen molar-refractivity contribution in [3.05, 3.63) is 102 Å². The first-order valence-electron chi connectivity index (χ1n) is 10.2. The van der Waals surface area contributed by atoms with E-state index in [-0.39, 0.29) is 0 Å². The highest BCUT2D eigenvalue weighted by molar-refractivity contribution is 6.31. The summed E-state index contributed by atoms with van der Waals surface area (Å²) in [6.45, 7) is 0. The third-order valence-corrected chi connectivity index (χ3v) is 5.49. The molecule has 5 aromatic rings. The predicted octanol–water partition coefficient (Wildman–Crippen LogP) is 7.23. The molecule has 0 aliphatic heterocycles. The summed E-state index contributed by atoms with van der Waals surface area (Å²) in [5, 5.41) is 1.55. The molecule has 0 unspecified atom stereocenters. The molecule has 1 aromatic heterocycles. The zero-order valence-corrected chi connectivity index (χ0v) is 18.2. The van der Waals surface area contributed by atoms with Crippen LogP contribution in [0.1, 0.15) is 0 Å². The highest BCUT2D eigenvalue weighted by Crippen LogP contribution is 2.29. The number of aromatic amines is 1. The molecule has 0 bridgehead atoms. The number of hydrogen-bond donors (Lipinski definition) is 1. The van der Waals surface area contributed by atoms with Crippen LogP contribution in [-0.2, 0) is 0 Å². The molecule has 0 spiro atoms. The Hall–Kier alpha value is -3.89. The quantitative estimate of drug-likeness (QED) is 0.324. The van der Waals surface area contributed by atoms with Gasteiger partial charge in [-0.15, -0.1) is 0 Å². The van der Waals surface area contributed by atoms with E-state index >= 15 is 0 Å². The summed E-state index contributed by atoms with van der Waals surface area (Å²) in [6, 6.07) is 31.6. The number of nitrogens with zero attached hydrogens (tertiary/aromatic N) is 2. The van der Waals surface area contributed by atoms with E-state index in [0.29, 0.717) is 10.8 Å². The van der Waals surface area contributed by atoms with Crippen molar-refractivity contribution < 1.29 is 4.74 Å². The minimum Gasteiger partial charge on any atom is -0.497 e. The van der Waals surface area contributed by atoms with E-state index < -0.39 is 0 Å². The fraction of sp³-hybridized carbons (Fsp3) is 0.0370. The van der Waals surface area contributed by atoms with Crippen LogP contribution in [0, 0.1) is 0 Å². The summed E-state index contributed by atoms with van der Waals surface area (Å²) in [5.74, 6) is 1.39. The van der Waals surface area contributed by atoms with Crippen molar-refractivity contribution >= 4 is 33.5 Å². The van der Waals surface area contributed by atoms with E-state index in [1.165, 1.54) is 0 Å². The van der Waals surface area contributed by atoms with Crippen molar-refractivity contribution in [2.24, 2.45) is 0 Å². The van der Waals surface area contributed by atoms with Crippen molar-refractivity contribution in [2.45, 2.75) is 0 Å². The lowest BCUT2D eigenvalue weighted by Crippen LogP contribution is -1.88. The molecule has 156 valence electrons. The molecule has 4 nitrogen and oxygen atoms in total.